The first-order valence-electron chi connectivity index (χ1n) is 15.3. The van der Waals surface area contributed by atoms with Crippen LogP contribution in [0.5, 0.6) is 0 Å². The molecule has 0 heterocycles. The Hall–Kier alpha value is -0.660. The Balaban J connectivity index is 0. The molecule has 2 fully saturated rings. The van der Waals surface area contributed by atoms with Crippen LogP contribution in [0.15, 0.2) is 0 Å². The van der Waals surface area contributed by atoms with E-state index in [0.717, 1.165) is 37.5 Å². The maximum absolute atomic E-state index is 12.3. The lowest BCUT2D eigenvalue weighted by atomic mass is 9.66. The normalized spacial score (nSPS) is 25.1. The highest BCUT2D eigenvalue weighted by atomic mass is 16.1. The second-order valence-electron chi connectivity index (χ2n) is 15.1. The Labute approximate surface area is 228 Å². The van der Waals surface area contributed by atoms with E-state index in [1.165, 1.54) is 25.7 Å². The highest BCUT2D eigenvalue weighted by molar-refractivity contribution is 5.86. The minimum Gasteiger partial charge on any atom is -0.299 e. The fourth-order valence-electron chi connectivity index (χ4n) is 5.66. The molecule has 2 aliphatic rings. The summed E-state index contributed by atoms with van der Waals surface area (Å²) in [5.41, 5.74) is 0.455. The molecule has 0 amide bonds. The molecule has 2 saturated carbocycles. The second-order valence-corrected chi connectivity index (χ2v) is 15.1. The van der Waals surface area contributed by atoms with E-state index >= 15 is 0 Å². The molecule has 216 valence electrons. The maximum Gasteiger partial charge on any atom is 0.141 e. The summed E-state index contributed by atoms with van der Waals surface area (Å²) in [4.78, 5) is 24.5. The quantitative estimate of drug-likeness (QED) is 0.371. The van der Waals surface area contributed by atoms with Gasteiger partial charge in [-0.3, -0.25) is 9.59 Å². The van der Waals surface area contributed by atoms with Gasteiger partial charge in [0.1, 0.15) is 11.6 Å². The summed E-state index contributed by atoms with van der Waals surface area (Å²) < 4.78 is 0. The summed E-state index contributed by atoms with van der Waals surface area (Å²) in [6, 6.07) is 0. The van der Waals surface area contributed by atoms with Crippen LogP contribution in [0.2, 0.25) is 0 Å². The van der Waals surface area contributed by atoms with Crippen molar-refractivity contribution in [1.29, 1.82) is 0 Å². The van der Waals surface area contributed by atoms with E-state index in [2.05, 4.69) is 62.3 Å². The predicted octanol–water partition coefficient (Wildman–Crippen LogP) is 11.0. The van der Waals surface area contributed by atoms with E-state index in [1.54, 1.807) is 0 Å². The first kappa shape index (κ1) is 37.5. The Morgan fingerprint density at radius 3 is 1.17 bits per heavy atom. The van der Waals surface area contributed by atoms with Crippen molar-refractivity contribution in [1.82, 2.24) is 0 Å². The van der Waals surface area contributed by atoms with E-state index in [0.29, 0.717) is 34.2 Å². The van der Waals surface area contributed by atoms with Crippen LogP contribution >= 0.6 is 0 Å². The van der Waals surface area contributed by atoms with Crippen LogP contribution in [-0.2, 0) is 9.59 Å². The van der Waals surface area contributed by atoms with Crippen molar-refractivity contribution in [2.45, 2.75) is 162 Å². The SMILES string of the molecule is CC.CC.CC(C)(C)C(=O)C1CCC(C(C)(C)C)CC1.CC(C)(C)C(=O)C1CCCC(C(C)(C)C)C1. The third-order valence-corrected chi connectivity index (χ3v) is 8.07. The molecule has 0 aromatic rings. The Kier molecular flexibility index (Phi) is 16.3. The summed E-state index contributed by atoms with van der Waals surface area (Å²) in [6.45, 7) is 34.2. The Morgan fingerprint density at radius 2 is 0.833 bits per heavy atom. The molecule has 2 rings (SSSR count). The molecule has 2 unspecified atom stereocenters. The number of hydrogen-bond donors (Lipinski definition) is 0. The fourth-order valence-corrected chi connectivity index (χ4v) is 5.66. The van der Waals surface area contributed by atoms with Crippen LogP contribution in [0, 0.1) is 45.3 Å². The number of carbonyl (C=O) groups excluding carboxylic acids is 2. The number of Topliss-reactive ketones (excluding diaryl/α,β-unsaturated/α-hetero) is 2. The van der Waals surface area contributed by atoms with Crippen LogP contribution in [-0.4, -0.2) is 11.6 Å². The molecule has 0 bridgehead atoms. The van der Waals surface area contributed by atoms with Gasteiger partial charge in [0.2, 0.25) is 0 Å². The summed E-state index contributed by atoms with van der Waals surface area (Å²) in [7, 11) is 0. The summed E-state index contributed by atoms with van der Waals surface area (Å²) >= 11 is 0. The average molecular weight is 509 g/mol. The minimum atomic E-state index is -0.162. The molecular formula is C34H68O2. The lowest BCUT2D eigenvalue weighted by Crippen LogP contribution is -2.35. The van der Waals surface area contributed by atoms with Gasteiger partial charge < -0.3 is 0 Å². The highest BCUT2D eigenvalue weighted by Crippen LogP contribution is 2.43. The molecule has 0 radical (unpaired) electrons. The zero-order chi connectivity index (χ0) is 29.1. The van der Waals surface area contributed by atoms with E-state index in [4.69, 9.17) is 0 Å². The Bertz CT molecular complexity index is 608. The van der Waals surface area contributed by atoms with Gasteiger partial charge in [-0.2, -0.15) is 0 Å². The van der Waals surface area contributed by atoms with Gasteiger partial charge in [0.05, 0.1) is 0 Å². The summed E-state index contributed by atoms with van der Waals surface area (Å²) in [6.07, 6.45) is 9.44. The third kappa shape index (κ3) is 13.2. The standard InChI is InChI=1S/2C15H28O.2C2H6/c1-14(2,3)12-9-7-11(8-10-12)13(16)15(4,5)6;1-14(2,3)12-9-7-8-11(10-12)13(16)15(4,5)6;2*1-2/h2*11-12H,7-10H2,1-6H3;2*1-2H3. The van der Waals surface area contributed by atoms with Gasteiger partial charge >= 0.3 is 0 Å². The van der Waals surface area contributed by atoms with Crippen molar-refractivity contribution < 1.29 is 9.59 Å². The number of carbonyl (C=O) groups is 2. The number of rotatable bonds is 2. The molecule has 0 aromatic heterocycles. The van der Waals surface area contributed by atoms with Crippen LogP contribution in [0.4, 0.5) is 0 Å². The number of hydrogen-bond acceptors (Lipinski definition) is 2. The van der Waals surface area contributed by atoms with E-state index < -0.39 is 0 Å². The molecule has 0 spiro atoms. The highest BCUT2D eigenvalue weighted by Gasteiger charge is 2.37. The monoisotopic (exact) mass is 509 g/mol. The van der Waals surface area contributed by atoms with Gasteiger partial charge in [-0.05, 0) is 67.6 Å². The molecule has 2 nitrogen and oxygen atoms in total. The second kappa shape index (κ2) is 15.7. The molecule has 36 heavy (non-hydrogen) atoms. The van der Waals surface area contributed by atoms with Gasteiger partial charge in [0.15, 0.2) is 0 Å². The molecular weight excluding hydrogens is 440 g/mol. The molecule has 2 aliphatic carbocycles. The first-order chi connectivity index (χ1) is 16.2. The van der Waals surface area contributed by atoms with Gasteiger partial charge in [-0.25, -0.2) is 0 Å². The predicted molar refractivity (Wildman–Crippen MR) is 161 cm³/mol. The van der Waals surface area contributed by atoms with Crippen LogP contribution in [0.3, 0.4) is 0 Å². The van der Waals surface area contributed by atoms with Crippen molar-refractivity contribution in [3.63, 3.8) is 0 Å². The molecule has 0 N–H and O–H groups in total. The molecule has 0 saturated heterocycles. The minimum absolute atomic E-state index is 0.154. The first-order valence-corrected chi connectivity index (χ1v) is 15.3. The van der Waals surface area contributed by atoms with Gasteiger partial charge in [-0.15, -0.1) is 0 Å². The van der Waals surface area contributed by atoms with Crippen molar-refractivity contribution in [2.24, 2.45) is 45.3 Å². The molecule has 2 atom stereocenters. The van der Waals surface area contributed by atoms with E-state index in [9.17, 15) is 9.59 Å². The zero-order valence-corrected chi connectivity index (χ0v) is 27.8. The topological polar surface area (TPSA) is 34.1 Å². The molecule has 0 aliphatic heterocycles. The van der Waals surface area contributed by atoms with Crippen LogP contribution in [0.1, 0.15) is 162 Å². The third-order valence-electron chi connectivity index (χ3n) is 8.07. The maximum atomic E-state index is 12.3. The largest absolute Gasteiger partial charge is 0.299 e. The smallest absolute Gasteiger partial charge is 0.141 e. The molecule has 2 heteroatoms. The molecule has 0 aromatic carbocycles. The Morgan fingerprint density at radius 1 is 0.472 bits per heavy atom. The van der Waals surface area contributed by atoms with Gasteiger partial charge in [-0.1, -0.05) is 117 Å². The average Bonchev–Trinajstić information content (AvgIpc) is 2.79. The van der Waals surface area contributed by atoms with Crippen molar-refractivity contribution >= 4 is 11.6 Å². The lowest BCUT2D eigenvalue weighted by molar-refractivity contribution is -0.132. The van der Waals surface area contributed by atoms with Gasteiger partial charge in [0, 0.05) is 22.7 Å². The van der Waals surface area contributed by atoms with E-state index in [-0.39, 0.29) is 10.8 Å². The fraction of sp³-hybridized carbons (Fsp3) is 0.941. The van der Waals surface area contributed by atoms with Crippen LogP contribution < -0.4 is 0 Å². The van der Waals surface area contributed by atoms with Crippen molar-refractivity contribution in [3.8, 4) is 0 Å². The summed E-state index contributed by atoms with van der Waals surface area (Å²) in [5.74, 6) is 3.12. The zero-order valence-electron chi connectivity index (χ0n) is 27.8. The number of ketones is 2. The van der Waals surface area contributed by atoms with Crippen LogP contribution in [0.25, 0.3) is 0 Å². The van der Waals surface area contributed by atoms with Crippen molar-refractivity contribution in [2.75, 3.05) is 0 Å². The van der Waals surface area contributed by atoms with Crippen molar-refractivity contribution in [3.05, 3.63) is 0 Å². The summed E-state index contributed by atoms with van der Waals surface area (Å²) in [5, 5.41) is 0. The van der Waals surface area contributed by atoms with Gasteiger partial charge in [0.25, 0.3) is 0 Å². The van der Waals surface area contributed by atoms with E-state index in [1.807, 2.05) is 48.5 Å². The lowest BCUT2D eigenvalue weighted by Gasteiger charge is -2.38.